The summed E-state index contributed by atoms with van der Waals surface area (Å²) >= 11 is 0. The van der Waals surface area contributed by atoms with Gasteiger partial charge in [0.2, 0.25) is 12.1 Å². The highest BCUT2D eigenvalue weighted by Gasteiger charge is 2.68. The number of rotatable bonds is 5. The second-order valence-corrected chi connectivity index (χ2v) is 9.00. The van der Waals surface area contributed by atoms with E-state index < -0.39 is 60.3 Å². The first kappa shape index (κ1) is 23.9. The number of aliphatic hydroxyl groups excluding tert-OH is 2. The van der Waals surface area contributed by atoms with Gasteiger partial charge in [0, 0.05) is 19.5 Å². The van der Waals surface area contributed by atoms with Crippen molar-refractivity contribution in [3.63, 3.8) is 0 Å². The molecule has 1 saturated carbocycles. The number of nitrogens with one attached hydrogen (secondary N) is 2. The van der Waals surface area contributed by atoms with Crippen molar-refractivity contribution in [3.8, 4) is 0 Å². The third-order valence-corrected chi connectivity index (χ3v) is 6.70. The Morgan fingerprint density at radius 1 is 1.19 bits per heavy atom. The van der Waals surface area contributed by atoms with Crippen molar-refractivity contribution in [3.05, 3.63) is 35.6 Å². The summed E-state index contributed by atoms with van der Waals surface area (Å²) in [6.07, 6.45) is -6.34. The number of hydrogen-bond acceptors (Lipinski definition) is 10. The van der Waals surface area contributed by atoms with Crippen LogP contribution in [0.15, 0.2) is 24.3 Å². The number of likely N-dealkylation sites (N-methyl/N-ethyl adjacent to an activating group) is 1. The highest BCUT2D eigenvalue weighted by atomic mass is 19.1. The Hall–Kier alpha value is -1.25. The molecule has 32 heavy (non-hydrogen) atoms. The predicted molar refractivity (Wildman–Crippen MR) is 110 cm³/mol. The molecule has 1 aromatic rings. The fourth-order valence-electron chi connectivity index (χ4n) is 4.98. The van der Waals surface area contributed by atoms with E-state index in [4.69, 9.17) is 19.9 Å². The van der Waals surface area contributed by atoms with E-state index in [-0.39, 0.29) is 25.3 Å². The lowest BCUT2D eigenvalue weighted by Crippen LogP contribution is -2.81. The van der Waals surface area contributed by atoms with Crippen LogP contribution in [0.5, 0.6) is 0 Å². The maximum absolute atomic E-state index is 13.5. The molecular weight excluding hydrogens is 425 g/mol. The van der Waals surface area contributed by atoms with Gasteiger partial charge in [0.05, 0.1) is 24.3 Å². The summed E-state index contributed by atoms with van der Waals surface area (Å²) in [7, 11) is 1.58. The van der Waals surface area contributed by atoms with Crippen molar-refractivity contribution in [2.75, 3.05) is 13.6 Å². The van der Waals surface area contributed by atoms with Crippen LogP contribution in [0, 0.1) is 5.82 Å². The number of fused-ring (bicyclic) bond motifs is 2. The molecule has 1 unspecified atom stereocenters. The van der Waals surface area contributed by atoms with E-state index in [2.05, 4.69) is 10.6 Å². The van der Waals surface area contributed by atoms with Gasteiger partial charge >= 0.3 is 0 Å². The largest absolute Gasteiger partial charge is 0.390 e. The molecule has 3 aliphatic rings. The van der Waals surface area contributed by atoms with Crippen LogP contribution in [0.3, 0.4) is 0 Å². The molecule has 11 heteroatoms. The number of aliphatic hydroxyl groups is 4. The fraction of sp³-hybridized carbons (Fsp3) is 0.714. The molecular formula is C21H32FN3O7. The molecule has 10 nitrogen and oxygen atoms in total. The number of nitrogens with two attached hydrogens (primary N) is 1. The van der Waals surface area contributed by atoms with Crippen molar-refractivity contribution in [2.45, 2.75) is 80.2 Å². The maximum atomic E-state index is 13.5. The van der Waals surface area contributed by atoms with E-state index in [9.17, 15) is 24.8 Å². The zero-order valence-electron chi connectivity index (χ0n) is 18.0. The maximum Gasteiger partial charge on any atom is 0.249 e. The predicted octanol–water partition coefficient (Wildman–Crippen LogP) is -2.10. The quantitative estimate of drug-likeness (QED) is 0.261. The lowest BCUT2D eigenvalue weighted by Gasteiger charge is -2.60. The SMILES string of the molecule is CN[C@H]1[C@@H](O)[C@@H](N)[C@H](O)C2O[C@@H]3O[C@H](C)C[C@@](O)(CNCc4cccc(F)c4)[C@]3(O)O[C@@H]21. The number of hydrogen-bond donors (Lipinski definition) is 7. The zero-order chi connectivity index (χ0) is 23.3. The van der Waals surface area contributed by atoms with Gasteiger partial charge in [0.15, 0.2) is 0 Å². The van der Waals surface area contributed by atoms with Crippen molar-refractivity contribution in [1.82, 2.24) is 10.6 Å². The average Bonchev–Trinajstić information content (AvgIpc) is 2.73. The van der Waals surface area contributed by atoms with Crippen LogP contribution in [0.2, 0.25) is 0 Å². The van der Waals surface area contributed by atoms with Crippen molar-refractivity contribution < 1.29 is 39.0 Å². The molecule has 0 aromatic heterocycles. The first-order valence-electron chi connectivity index (χ1n) is 10.8. The normalized spacial score (nSPS) is 46.4. The van der Waals surface area contributed by atoms with Crippen LogP contribution in [0.1, 0.15) is 18.9 Å². The molecule has 2 saturated heterocycles. The number of benzene rings is 1. The highest BCUT2D eigenvalue weighted by molar-refractivity contribution is 5.17. The summed E-state index contributed by atoms with van der Waals surface area (Å²) in [5, 5.41) is 50.0. The number of ether oxygens (including phenoxy) is 3. The molecule has 8 N–H and O–H groups in total. The molecule has 4 rings (SSSR count). The van der Waals surface area contributed by atoms with Crippen LogP contribution in [-0.2, 0) is 20.8 Å². The lowest BCUT2D eigenvalue weighted by atomic mass is 9.78. The second kappa shape index (κ2) is 8.84. The Labute approximate surface area is 185 Å². The van der Waals surface area contributed by atoms with E-state index in [1.54, 1.807) is 26.1 Å². The monoisotopic (exact) mass is 457 g/mol. The van der Waals surface area contributed by atoms with Crippen LogP contribution >= 0.6 is 0 Å². The summed E-state index contributed by atoms with van der Waals surface area (Å²) < 4.78 is 31.0. The van der Waals surface area contributed by atoms with E-state index >= 15 is 0 Å². The van der Waals surface area contributed by atoms with Gasteiger partial charge in [-0.3, -0.25) is 0 Å². The molecule has 10 atom stereocenters. The number of halogens is 1. The Bertz CT molecular complexity index is 821. The minimum absolute atomic E-state index is 0.0196. The second-order valence-electron chi connectivity index (χ2n) is 9.00. The summed E-state index contributed by atoms with van der Waals surface area (Å²) in [6, 6.07) is 4.26. The van der Waals surface area contributed by atoms with Gasteiger partial charge in [-0.2, -0.15) is 0 Å². The standard InChI is InChI=1S/C21H32FN3O7/c1-10-7-20(28,9-25-8-11-4-3-5-12(22)6-11)21(29)19(30-10)31-18-16(27)13(23)15(26)14(24-2)17(18)32-21/h3-6,10,13-19,24-29H,7-9,23H2,1-2H3/t10-,13-,14+,15+,16+,17-,18?,19+,20-,21-/m1/s1. The molecule has 1 aliphatic carbocycles. The van der Waals surface area contributed by atoms with Crippen molar-refractivity contribution >= 4 is 0 Å². The van der Waals surface area contributed by atoms with E-state index in [0.29, 0.717) is 5.56 Å². The minimum atomic E-state index is -2.30. The van der Waals surface area contributed by atoms with Crippen molar-refractivity contribution in [2.24, 2.45) is 5.73 Å². The molecule has 180 valence electrons. The topological polar surface area (TPSA) is 159 Å². The van der Waals surface area contributed by atoms with Crippen LogP contribution in [0.25, 0.3) is 0 Å². The summed E-state index contributed by atoms with van der Waals surface area (Å²) in [4.78, 5) is 0. The molecule has 0 radical (unpaired) electrons. The fourth-order valence-corrected chi connectivity index (χ4v) is 4.98. The van der Waals surface area contributed by atoms with Gasteiger partial charge in [0.1, 0.15) is 29.7 Å². The van der Waals surface area contributed by atoms with Crippen LogP contribution < -0.4 is 16.4 Å². The van der Waals surface area contributed by atoms with Gasteiger partial charge in [-0.05, 0) is 31.7 Å². The summed E-state index contributed by atoms with van der Waals surface area (Å²) in [6.45, 7) is 1.85. The van der Waals surface area contributed by atoms with Crippen LogP contribution in [-0.4, -0.2) is 94.3 Å². The van der Waals surface area contributed by atoms with E-state index in [1.807, 2.05) is 0 Å². The van der Waals surface area contributed by atoms with Gasteiger partial charge in [-0.25, -0.2) is 4.39 Å². The Morgan fingerprint density at radius 3 is 2.62 bits per heavy atom. The molecule has 0 spiro atoms. The molecule has 3 fully saturated rings. The van der Waals surface area contributed by atoms with Gasteiger partial charge < -0.3 is 51.0 Å². The third kappa shape index (κ3) is 3.96. The first-order valence-corrected chi connectivity index (χ1v) is 10.8. The average molecular weight is 457 g/mol. The molecule has 1 aromatic carbocycles. The Morgan fingerprint density at radius 2 is 1.94 bits per heavy atom. The summed E-state index contributed by atoms with van der Waals surface area (Å²) in [5.74, 6) is -2.67. The third-order valence-electron chi connectivity index (χ3n) is 6.70. The molecule has 2 aliphatic heterocycles. The Kier molecular flexibility index (Phi) is 6.60. The van der Waals surface area contributed by atoms with Gasteiger partial charge in [-0.15, -0.1) is 0 Å². The minimum Gasteiger partial charge on any atom is -0.390 e. The smallest absolute Gasteiger partial charge is 0.249 e. The highest BCUT2D eigenvalue weighted by Crippen LogP contribution is 2.46. The van der Waals surface area contributed by atoms with Gasteiger partial charge in [-0.1, -0.05) is 12.1 Å². The molecule has 2 heterocycles. The van der Waals surface area contributed by atoms with E-state index in [0.717, 1.165) is 0 Å². The van der Waals surface area contributed by atoms with Crippen LogP contribution in [0.4, 0.5) is 4.39 Å². The molecule has 0 amide bonds. The summed E-state index contributed by atoms with van der Waals surface area (Å²) in [5.41, 5.74) is 4.76. The van der Waals surface area contributed by atoms with E-state index in [1.165, 1.54) is 12.1 Å². The molecule has 0 bridgehead atoms. The Balaban J connectivity index is 1.56. The van der Waals surface area contributed by atoms with Crippen molar-refractivity contribution in [1.29, 1.82) is 0 Å². The lowest BCUT2D eigenvalue weighted by molar-refractivity contribution is -0.481. The van der Waals surface area contributed by atoms with Gasteiger partial charge in [0.25, 0.3) is 0 Å². The zero-order valence-corrected chi connectivity index (χ0v) is 18.0. The first-order chi connectivity index (χ1) is 15.1.